The van der Waals surface area contributed by atoms with Gasteiger partial charge in [-0.2, -0.15) is 35.1 Å². The third-order valence-corrected chi connectivity index (χ3v) is 4.79. The predicted octanol–water partition coefficient (Wildman–Crippen LogP) is 3.85. The smallest absolute Gasteiger partial charge is 0.383 e. The highest BCUT2D eigenvalue weighted by Gasteiger charge is 2.59. The van der Waals surface area contributed by atoms with Crippen molar-refractivity contribution < 1.29 is 44.6 Å². The number of hydrogen-bond donors (Lipinski definition) is 0. The van der Waals surface area contributed by atoms with E-state index in [0.717, 1.165) is 14.2 Å². The SMILES string of the molecule is COCC(CC(F)(F)F)N1CC(I)N(C(COC)CC(F)(F)F)C1(F)F. The second-order valence-electron chi connectivity index (χ2n) is 5.86. The molecule has 0 aromatic carbocycles. The quantitative estimate of drug-likeness (QED) is 0.213. The Morgan fingerprint density at radius 2 is 1.38 bits per heavy atom. The summed E-state index contributed by atoms with van der Waals surface area (Å²) in [6.45, 7) is -1.83. The Hall–Kier alpha value is 0.0100. The van der Waals surface area contributed by atoms with Crippen LogP contribution in [0.3, 0.4) is 0 Å². The van der Waals surface area contributed by atoms with Gasteiger partial charge in [0.05, 0.1) is 30.1 Å². The molecule has 0 bridgehead atoms. The molecule has 26 heavy (non-hydrogen) atoms. The maximum Gasteiger partial charge on any atom is 0.390 e. The van der Waals surface area contributed by atoms with Crippen LogP contribution in [0.4, 0.5) is 35.1 Å². The van der Waals surface area contributed by atoms with Gasteiger partial charge in [0.15, 0.2) is 0 Å². The van der Waals surface area contributed by atoms with Crippen molar-refractivity contribution in [2.24, 2.45) is 0 Å². The predicted molar refractivity (Wildman–Crippen MR) is 84.0 cm³/mol. The average molecular weight is 514 g/mol. The van der Waals surface area contributed by atoms with Crippen LogP contribution in [0.5, 0.6) is 0 Å². The van der Waals surface area contributed by atoms with Crippen molar-refractivity contribution in [2.75, 3.05) is 34.0 Å². The van der Waals surface area contributed by atoms with Gasteiger partial charge < -0.3 is 9.47 Å². The number of methoxy groups -OCH3 is 2. The third-order valence-electron chi connectivity index (χ3n) is 3.79. The summed E-state index contributed by atoms with van der Waals surface area (Å²) >= 11 is 1.50. The van der Waals surface area contributed by atoms with Crippen LogP contribution in [0.15, 0.2) is 0 Å². The summed E-state index contributed by atoms with van der Waals surface area (Å²) < 4.78 is 114. The van der Waals surface area contributed by atoms with E-state index in [1.807, 2.05) is 0 Å². The van der Waals surface area contributed by atoms with Gasteiger partial charge in [-0.15, -0.1) is 0 Å². The first-order chi connectivity index (χ1) is 11.7. The third kappa shape index (κ3) is 6.56. The molecule has 0 radical (unpaired) electrons. The molecule has 1 heterocycles. The molecule has 156 valence electrons. The lowest BCUT2D eigenvalue weighted by Gasteiger charge is -2.38. The van der Waals surface area contributed by atoms with Gasteiger partial charge in [-0.3, -0.25) is 0 Å². The molecule has 1 saturated heterocycles. The van der Waals surface area contributed by atoms with E-state index in [-0.39, 0.29) is 9.80 Å². The van der Waals surface area contributed by atoms with Gasteiger partial charge in [-0.05, 0) is 0 Å². The molecule has 1 fully saturated rings. The average Bonchev–Trinajstić information content (AvgIpc) is 2.64. The molecular weight excluding hydrogens is 495 g/mol. The van der Waals surface area contributed by atoms with Crippen LogP contribution in [0, 0.1) is 0 Å². The van der Waals surface area contributed by atoms with Crippen LogP contribution in [0.25, 0.3) is 0 Å². The number of halogens is 9. The van der Waals surface area contributed by atoms with E-state index in [2.05, 4.69) is 9.47 Å². The molecule has 1 rings (SSSR count). The van der Waals surface area contributed by atoms with Crippen LogP contribution >= 0.6 is 22.6 Å². The van der Waals surface area contributed by atoms with Crippen molar-refractivity contribution in [1.29, 1.82) is 0 Å². The zero-order chi connectivity index (χ0) is 20.3. The molecule has 3 unspecified atom stereocenters. The van der Waals surface area contributed by atoms with E-state index in [1.54, 1.807) is 0 Å². The lowest BCUT2D eigenvalue weighted by Crippen LogP contribution is -2.57. The maximum atomic E-state index is 14.8. The van der Waals surface area contributed by atoms with Crippen LogP contribution in [-0.4, -0.2) is 78.4 Å². The number of nitrogens with zero attached hydrogens (tertiary/aromatic N) is 2. The molecule has 1 aliphatic rings. The maximum absolute atomic E-state index is 14.8. The zero-order valence-electron chi connectivity index (χ0n) is 13.9. The fraction of sp³-hybridized carbons (Fsp3) is 1.00. The number of hydrogen-bond acceptors (Lipinski definition) is 4. The summed E-state index contributed by atoms with van der Waals surface area (Å²) in [5.41, 5.74) is 0. The highest BCUT2D eigenvalue weighted by atomic mass is 127. The van der Waals surface area contributed by atoms with Crippen molar-refractivity contribution in [3.05, 3.63) is 0 Å². The van der Waals surface area contributed by atoms with Crippen LogP contribution in [0.2, 0.25) is 0 Å². The first kappa shape index (κ1) is 24.0. The van der Waals surface area contributed by atoms with Gasteiger partial charge >= 0.3 is 18.5 Å². The minimum atomic E-state index is -4.74. The molecule has 4 nitrogen and oxygen atoms in total. The Kier molecular flexibility index (Phi) is 8.33. The molecule has 0 aliphatic carbocycles. The van der Waals surface area contributed by atoms with Gasteiger partial charge in [0, 0.05) is 32.8 Å². The molecule has 1 aliphatic heterocycles. The minimum Gasteiger partial charge on any atom is -0.383 e. The number of ether oxygens (including phenoxy) is 2. The summed E-state index contributed by atoms with van der Waals surface area (Å²) in [5, 5.41) is 0. The van der Waals surface area contributed by atoms with E-state index in [9.17, 15) is 35.1 Å². The van der Waals surface area contributed by atoms with Crippen LogP contribution < -0.4 is 0 Å². The molecule has 0 N–H and O–H groups in total. The molecule has 0 aromatic heterocycles. The fourth-order valence-electron chi connectivity index (χ4n) is 2.91. The molecule has 13 heteroatoms. The van der Waals surface area contributed by atoms with Crippen LogP contribution in [0.1, 0.15) is 12.8 Å². The largest absolute Gasteiger partial charge is 0.390 e. The molecule has 3 atom stereocenters. The van der Waals surface area contributed by atoms with Gasteiger partial charge in [-0.25, -0.2) is 9.80 Å². The summed E-state index contributed by atoms with van der Waals surface area (Å²) in [6, 6.07) is -3.47. The Morgan fingerprint density at radius 3 is 1.81 bits per heavy atom. The van der Waals surface area contributed by atoms with Crippen molar-refractivity contribution in [1.82, 2.24) is 9.80 Å². The van der Waals surface area contributed by atoms with E-state index in [4.69, 9.17) is 0 Å². The number of rotatable bonds is 8. The van der Waals surface area contributed by atoms with E-state index in [0.29, 0.717) is 0 Å². The second-order valence-corrected chi connectivity index (χ2v) is 7.30. The van der Waals surface area contributed by atoms with E-state index in [1.165, 1.54) is 22.6 Å². The van der Waals surface area contributed by atoms with Crippen molar-refractivity contribution >= 4 is 22.6 Å². The van der Waals surface area contributed by atoms with Gasteiger partial charge in [-0.1, -0.05) is 22.6 Å². The molecule has 0 saturated carbocycles. The van der Waals surface area contributed by atoms with Gasteiger partial charge in [0.2, 0.25) is 0 Å². The van der Waals surface area contributed by atoms with Gasteiger partial charge in [0.1, 0.15) is 0 Å². The van der Waals surface area contributed by atoms with E-state index >= 15 is 0 Å². The normalized spacial score (nSPS) is 24.8. The molecule has 0 spiro atoms. The fourth-order valence-corrected chi connectivity index (χ4v) is 4.12. The monoisotopic (exact) mass is 514 g/mol. The van der Waals surface area contributed by atoms with Crippen LogP contribution in [-0.2, 0) is 9.47 Å². The first-order valence-corrected chi connectivity index (χ1v) is 8.66. The minimum absolute atomic E-state index is 0.250. The summed E-state index contributed by atoms with van der Waals surface area (Å²) in [7, 11) is 2.13. The van der Waals surface area contributed by atoms with Gasteiger partial charge in [0.25, 0.3) is 0 Å². The van der Waals surface area contributed by atoms with E-state index < -0.39 is 67.3 Å². The van der Waals surface area contributed by atoms with Crippen molar-refractivity contribution in [3.63, 3.8) is 0 Å². The lowest BCUT2D eigenvalue weighted by atomic mass is 10.1. The number of alkyl halides is 9. The lowest BCUT2D eigenvalue weighted by molar-refractivity contribution is -0.259. The summed E-state index contributed by atoms with van der Waals surface area (Å²) in [6.07, 6.45) is -16.6. The highest BCUT2D eigenvalue weighted by molar-refractivity contribution is 14.1. The second kappa shape index (κ2) is 9.01. The topological polar surface area (TPSA) is 24.9 Å². The zero-order valence-corrected chi connectivity index (χ0v) is 16.0. The van der Waals surface area contributed by atoms with Crippen molar-refractivity contribution in [3.8, 4) is 0 Å². The van der Waals surface area contributed by atoms with Crippen molar-refractivity contribution in [2.45, 2.75) is 47.5 Å². The summed E-state index contributed by atoms with van der Waals surface area (Å²) in [5.74, 6) is 0. The Balaban J connectivity index is 3.12. The highest BCUT2D eigenvalue weighted by Crippen LogP contribution is 2.43. The molecule has 0 amide bonds. The Morgan fingerprint density at radius 1 is 0.962 bits per heavy atom. The molecule has 0 aromatic rings. The Bertz CT molecular complexity index is 449. The standard InChI is InChI=1S/C13H19F8IN2O2/c1-25-6-8(3-11(14,15)16)23-5-10(22)24(13(23,20)21)9(7-26-2)4-12(17,18)19/h8-10H,3-7H2,1-2H3. The summed E-state index contributed by atoms with van der Waals surface area (Å²) in [4.78, 5) is 0.518. The first-order valence-electron chi connectivity index (χ1n) is 7.41. The Labute approximate surface area is 158 Å². The molecular formula is C13H19F8IN2O2.